The molecule has 1 N–H and O–H groups in total. The lowest BCUT2D eigenvalue weighted by Gasteiger charge is -1.80. The first-order valence-electron chi connectivity index (χ1n) is 1.64. The maximum atomic E-state index is 9.76. The molecule has 0 saturated carbocycles. The van der Waals surface area contributed by atoms with Crippen LogP contribution in [0.1, 0.15) is 6.92 Å². The van der Waals surface area contributed by atoms with Crippen molar-refractivity contribution in [3.05, 3.63) is 0 Å². The lowest BCUT2D eigenvalue weighted by molar-refractivity contribution is -0.211. The van der Waals surface area contributed by atoms with E-state index < -0.39 is 14.2 Å². The smallest absolute Gasteiger partial charge is 0.252 e. The van der Waals surface area contributed by atoms with Gasteiger partial charge in [0.2, 0.25) is 0 Å². The van der Waals surface area contributed by atoms with Crippen molar-refractivity contribution in [3.8, 4) is 0 Å². The highest BCUT2D eigenvalue weighted by Crippen LogP contribution is 2.13. The highest BCUT2D eigenvalue weighted by molar-refractivity contribution is 7.31. The van der Waals surface area contributed by atoms with Gasteiger partial charge >= 0.3 is 14.2 Å². The fourth-order valence-corrected chi connectivity index (χ4v) is 0.253. The number of hydrogen-bond donors (Lipinski definition) is 1. The van der Waals surface area contributed by atoms with E-state index >= 15 is 0 Å². The second kappa shape index (κ2) is 3.49. The second-order valence-electron chi connectivity index (χ2n) is 0.887. The van der Waals surface area contributed by atoms with Crippen LogP contribution < -0.4 is 0 Å². The first-order valence-corrected chi connectivity index (χ1v) is 2.77. The molecule has 0 fully saturated rings. The molecule has 0 rings (SSSR count). The fraction of sp³-hybridized carbons (Fsp3) is 0.500. The number of carbonyl (C=O) groups is 1. The van der Waals surface area contributed by atoms with E-state index in [2.05, 4.69) is 9.56 Å². The summed E-state index contributed by atoms with van der Waals surface area (Å²) in [6, 6.07) is 0. The summed E-state index contributed by atoms with van der Waals surface area (Å²) >= 11 is 0. The van der Waals surface area contributed by atoms with Crippen molar-refractivity contribution in [2.45, 2.75) is 6.92 Å². The molecule has 8 heavy (non-hydrogen) atoms. The molecule has 0 aromatic rings. The summed E-state index contributed by atoms with van der Waals surface area (Å²) in [7, 11) is -2.83. The predicted octanol–water partition coefficient (Wildman–Crippen LogP) is 0.131. The minimum absolute atomic E-state index is 0.762. The maximum absolute atomic E-state index is 9.76. The van der Waals surface area contributed by atoms with Gasteiger partial charge in [-0.05, 0) is 0 Å². The summed E-state index contributed by atoms with van der Waals surface area (Å²) in [6.07, 6.45) is 0. The Morgan fingerprint density at radius 1 is 1.75 bits per heavy atom. The highest BCUT2D eigenvalue weighted by atomic mass is 31.1. The monoisotopic (exact) mass is 139 g/mol. The van der Waals surface area contributed by atoms with E-state index in [0.29, 0.717) is 0 Å². The summed E-state index contributed by atoms with van der Waals surface area (Å²) in [6.45, 7) is 1.05. The van der Waals surface area contributed by atoms with E-state index in [9.17, 15) is 9.36 Å². The van der Waals surface area contributed by atoms with Crippen molar-refractivity contribution in [1.82, 2.24) is 0 Å². The molecule has 0 aromatic heterocycles. The summed E-state index contributed by atoms with van der Waals surface area (Å²) in [5, 5.41) is 0. The molecule has 0 spiro atoms. The van der Waals surface area contributed by atoms with Crippen LogP contribution in [-0.4, -0.2) is 10.9 Å². The second-order valence-corrected chi connectivity index (χ2v) is 1.51. The Morgan fingerprint density at radius 2 is 2.25 bits per heavy atom. The van der Waals surface area contributed by atoms with Gasteiger partial charge in [0.15, 0.2) is 0 Å². The molecule has 0 radical (unpaired) electrons. The van der Waals surface area contributed by atoms with E-state index in [4.69, 9.17) is 4.89 Å². The van der Waals surface area contributed by atoms with Crippen molar-refractivity contribution in [2.75, 3.05) is 0 Å². The van der Waals surface area contributed by atoms with Gasteiger partial charge in [-0.2, -0.15) is 0 Å². The Labute approximate surface area is 46.1 Å². The molecular weight excluding hydrogens is 135 g/mol. The zero-order chi connectivity index (χ0) is 6.57. The zero-order valence-electron chi connectivity index (χ0n) is 4.03. The molecule has 0 aromatic carbocycles. The van der Waals surface area contributed by atoms with Gasteiger partial charge in [-0.1, -0.05) is 0 Å². The van der Waals surface area contributed by atoms with Crippen LogP contribution in [0.15, 0.2) is 0 Å². The molecule has 6 heteroatoms. The summed E-state index contributed by atoms with van der Waals surface area (Å²) < 4.78 is 13.1. The molecule has 0 aliphatic rings. The van der Waals surface area contributed by atoms with Crippen LogP contribution in [0.2, 0.25) is 0 Å². The minimum Gasteiger partial charge on any atom is -0.252 e. The van der Waals surface area contributed by atoms with Crippen LogP contribution in [0.3, 0.4) is 0 Å². The summed E-state index contributed by atoms with van der Waals surface area (Å²) in [5.41, 5.74) is 0. The molecule has 46 valence electrons. The number of hydrogen-bond acceptors (Lipinski definition) is 4. The number of carbonyl (C=O) groups excluding carboxylic acids is 1. The van der Waals surface area contributed by atoms with Gasteiger partial charge in [-0.25, -0.2) is 4.79 Å². The van der Waals surface area contributed by atoms with Gasteiger partial charge in [0, 0.05) is 11.5 Å². The van der Waals surface area contributed by atoms with E-state index in [1.54, 1.807) is 0 Å². The van der Waals surface area contributed by atoms with Crippen LogP contribution in [0.25, 0.3) is 0 Å². The molecule has 0 saturated heterocycles. The first-order chi connectivity index (χ1) is 3.63. The topological polar surface area (TPSA) is 72.8 Å². The average Bonchev–Trinajstić information content (AvgIpc) is 1.61. The van der Waals surface area contributed by atoms with Crippen molar-refractivity contribution in [1.29, 1.82) is 0 Å². The van der Waals surface area contributed by atoms with Gasteiger partial charge < -0.3 is 0 Å². The predicted molar refractivity (Wildman–Crippen MR) is 22.7 cm³/mol. The van der Waals surface area contributed by atoms with Gasteiger partial charge in [-0.3, -0.25) is 4.89 Å². The molecule has 0 amide bonds. The molecule has 0 heterocycles. The van der Waals surface area contributed by atoms with E-state index in [0.717, 1.165) is 6.92 Å². The van der Waals surface area contributed by atoms with Crippen molar-refractivity contribution in [2.24, 2.45) is 0 Å². The van der Waals surface area contributed by atoms with E-state index in [1.165, 1.54) is 0 Å². The Balaban J connectivity index is 3.18. The Morgan fingerprint density at radius 3 is 2.38 bits per heavy atom. The summed E-state index contributed by atoms with van der Waals surface area (Å²) in [5.74, 6) is -0.762. The third-order valence-corrected chi connectivity index (χ3v) is 0.420. The Kier molecular flexibility index (Phi) is 3.26. The van der Waals surface area contributed by atoms with Gasteiger partial charge in [0.25, 0.3) is 0 Å². The molecule has 0 aliphatic carbocycles. The van der Waals surface area contributed by atoms with Gasteiger partial charge in [0.05, 0.1) is 0 Å². The Hall–Kier alpha value is -0.510. The maximum Gasteiger partial charge on any atom is 0.736 e. The van der Waals surface area contributed by atoms with E-state index in [-0.39, 0.29) is 0 Å². The van der Waals surface area contributed by atoms with Crippen LogP contribution in [-0.2, 0) is 18.9 Å². The fourth-order valence-electron chi connectivity index (χ4n) is 0.0844. The standard InChI is InChI=1S/C2H3O5P/c1-2(3)6-7-8(4)5/h1H3/p+1. The lowest BCUT2D eigenvalue weighted by atomic mass is 10.9. The van der Waals surface area contributed by atoms with Crippen LogP contribution in [0.5, 0.6) is 0 Å². The molecule has 5 nitrogen and oxygen atoms in total. The van der Waals surface area contributed by atoms with Crippen molar-refractivity contribution >= 4 is 14.2 Å². The normalized spacial score (nSPS) is 10.5. The number of rotatable bonds is 2. The van der Waals surface area contributed by atoms with Crippen LogP contribution in [0, 0.1) is 0 Å². The molecular formula is C2H4O5P+. The molecule has 1 atom stereocenters. The largest absolute Gasteiger partial charge is 0.736 e. The Bertz CT molecular complexity index is 95.0. The third-order valence-electron chi connectivity index (χ3n) is 0.218. The highest BCUT2D eigenvalue weighted by Gasteiger charge is 2.15. The quantitative estimate of drug-likeness (QED) is 0.334. The third kappa shape index (κ3) is 5.49. The van der Waals surface area contributed by atoms with Crippen molar-refractivity contribution in [3.63, 3.8) is 0 Å². The van der Waals surface area contributed by atoms with E-state index in [1.807, 2.05) is 0 Å². The first kappa shape index (κ1) is 7.49. The SMILES string of the molecule is CC(=O)OO[P+](=O)O. The zero-order valence-corrected chi connectivity index (χ0v) is 4.92. The molecule has 0 bridgehead atoms. The van der Waals surface area contributed by atoms with Gasteiger partial charge in [0.1, 0.15) is 4.67 Å². The lowest BCUT2D eigenvalue weighted by Crippen LogP contribution is -1.93. The van der Waals surface area contributed by atoms with Crippen molar-refractivity contribution < 1.29 is 23.8 Å². The molecule has 0 aliphatic heterocycles. The average molecular weight is 139 g/mol. The summed E-state index contributed by atoms with van der Waals surface area (Å²) in [4.78, 5) is 21.2. The molecule has 1 unspecified atom stereocenters. The van der Waals surface area contributed by atoms with Gasteiger partial charge in [-0.15, -0.1) is 4.89 Å². The minimum atomic E-state index is -2.83. The van der Waals surface area contributed by atoms with Crippen LogP contribution >= 0.6 is 8.25 Å². The van der Waals surface area contributed by atoms with Crippen LogP contribution in [0.4, 0.5) is 0 Å².